The van der Waals surface area contributed by atoms with Gasteiger partial charge in [-0.3, -0.25) is 0 Å². The van der Waals surface area contributed by atoms with E-state index in [9.17, 15) is 4.39 Å². The number of nitrogens with one attached hydrogen (secondary N) is 1. The van der Waals surface area contributed by atoms with Gasteiger partial charge >= 0.3 is 0 Å². The van der Waals surface area contributed by atoms with Crippen molar-refractivity contribution >= 4 is 0 Å². The Bertz CT molecular complexity index is 377. The number of hydrogen-bond donors (Lipinski definition) is 1. The summed E-state index contributed by atoms with van der Waals surface area (Å²) in [6.45, 7) is 5.40. The van der Waals surface area contributed by atoms with Gasteiger partial charge in [0.1, 0.15) is 5.82 Å². The fourth-order valence-electron chi connectivity index (χ4n) is 3.02. The molecule has 0 aliphatic heterocycles. The van der Waals surface area contributed by atoms with Gasteiger partial charge < -0.3 is 5.32 Å². The zero-order chi connectivity index (χ0) is 13.0. The molecule has 1 aromatic rings. The second-order valence-electron chi connectivity index (χ2n) is 5.79. The van der Waals surface area contributed by atoms with Crippen LogP contribution in [0.3, 0.4) is 0 Å². The van der Waals surface area contributed by atoms with Crippen molar-refractivity contribution < 1.29 is 4.39 Å². The van der Waals surface area contributed by atoms with E-state index in [4.69, 9.17) is 0 Å². The van der Waals surface area contributed by atoms with Crippen LogP contribution in [0.25, 0.3) is 0 Å². The third kappa shape index (κ3) is 3.55. The van der Waals surface area contributed by atoms with Gasteiger partial charge in [-0.05, 0) is 44.2 Å². The minimum atomic E-state index is -0.102. The van der Waals surface area contributed by atoms with Crippen LogP contribution < -0.4 is 5.32 Å². The molecule has 0 saturated heterocycles. The minimum Gasteiger partial charge on any atom is -0.310 e. The van der Waals surface area contributed by atoms with E-state index in [1.807, 2.05) is 19.1 Å². The van der Waals surface area contributed by atoms with Crippen LogP contribution in [0.2, 0.25) is 0 Å². The summed E-state index contributed by atoms with van der Waals surface area (Å²) < 4.78 is 13.6. The third-order valence-electron chi connectivity index (χ3n) is 4.13. The fourth-order valence-corrected chi connectivity index (χ4v) is 3.02. The number of rotatable bonds is 4. The second kappa shape index (κ2) is 6.33. The van der Waals surface area contributed by atoms with Gasteiger partial charge in [0.05, 0.1) is 0 Å². The molecule has 1 aliphatic rings. The Morgan fingerprint density at radius 2 is 2.11 bits per heavy atom. The number of hydrogen-bond acceptors (Lipinski definition) is 1. The van der Waals surface area contributed by atoms with E-state index >= 15 is 0 Å². The lowest BCUT2D eigenvalue weighted by Gasteiger charge is -2.28. The zero-order valence-corrected chi connectivity index (χ0v) is 11.5. The normalized spacial score (nSPS) is 25.9. The van der Waals surface area contributed by atoms with E-state index in [1.165, 1.54) is 31.7 Å². The summed E-state index contributed by atoms with van der Waals surface area (Å²) in [7, 11) is 0. The van der Waals surface area contributed by atoms with Crippen LogP contribution in [0.4, 0.5) is 4.39 Å². The van der Waals surface area contributed by atoms with Gasteiger partial charge in [-0.1, -0.05) is 38.0 Å². The number of benzene rings is 1. The van der Waals surface area contributed by atoms with Gasteiger partial charge in [-0.25, -0.2) is 4.39 Å². The van der Waals surface area contributed by atoms with Crippen LogP contribution in [0, 0.1) is 17.7 Å². The van der Waals surface area contributed by atoms with Crippen LogP contribution in [-0.4, -0.2) is 6.54 Å². The van der Waals surface area contributed by atoms with E-state index < -0.39 is 0 Å². The maximum absolute atomic E-state index is 13.6. The van der Waals surface area contributed by atoms with Gasteiger partial charge in [0.2, 0.25) is 0 Å². The first-order chi connectivity index (χ1) is 8.66. The number of halogens is 1. The van der Waals surface area contributed by atoms with Crippen LogP contribution >= 0.6 is 0 Å². The molecule has 2 heteroatoms. The second-order valence-corrected chi connectivity index (χ2v) is 5.79. The average molecular weight is 249 g/mol. The predicted molar refractivity (Wildman–Crippen MR) is 73.9 cm³/mol. The predicted octanol–water partition coefficient (Wildman–Crippen LogP) is 4.30. The first-order valence-electron chi connectivity index (χ1n) is 7.14. The smallest absolute Gasteiger partial charge is 0.127 e. The Balaban J connectivity index is 1.84. The van der Waals surface area contributed by atoms with Crippen molar-refractivity contribution in [2.24, 2.45) is 11.8 Å². The van der Waals surface area contributed by atoms with Gasteiger partial charge in [0.25, 0.3) is 0 Å². The van der Waals surface area contributed by atoms with E-state index in [0.29, 0.717) is 0 Å². The van der Waals surface area contributed by atoms with E-state index in [1.54, 1.807) is 6.07 Å². The van der Waals surface area contributed by atoms with Gasteiger partial charge in [-0.15, -0.1) is 0 Å². The molecule has 1 fully saturated rings. The molecule has 0 aromatic heterocycles. The Morgan fingerprint density at radius 1 is 1.33 bits per heavy atom. The topological polar surface area (TPSA) is 12.0 Å². The molecular formula is C16H24FN. The summed E-state index contributed by atoms with van der Waals surface area (Å²) in [6.07, 6.45) is 5.36. The summed E-state index contributed by atoms with van der Waals surface area (Å²) in [6, 6.07) is 7.16. The van der Waals surface area contributed by atoms with Crippen molar-refractivity contribution in [3.8, 4) is 0 Å². The monoisotopic (exact) mass is 249 g/mol. The highest BCUT2D eigenvalue weighted by atomic mass is 19.1. The summed E-state index contributed by atoms with van der Waals surface area (Å²) in [4.78, 5) is 0. The molecule has 1 aromatic carbocycles. The molecule has 1 nitrogen and oxygen atoms in total. The lowest BCUT2D eigenvalue weighted by molar-refractivity contribution is 0.268. The van der Waals surface area contributed by atoms with Crippen molar-refractivity contribution in [3.63, 3.8) is 0 Å². The molecule has 0 bridgehead atoms. The summed E-state index contributed by atoms with van der Waals surface area (Å²) in [5.41, 5.74) is 0.779. The molecule has 1 N–H and O–H groups in total. The van der Waals surface area contributed by atoms with Crippen molar-refractivity contribution in [3.05, 3.63) is 35.6 Å². The summed E-state index contributed by atoms with van der Waals surface area (Å²) >= 11 is 0. The molecule has 18 heavy (non-hydrogen) atoms. The Hall–Kier alpha value is -0.890. The Kier molecular flexibility index (Phi) is 4.76. The third-order valence-corrected chi connectivity index (χ3v) is 4.13. The van der Waals surface area contributed by atoms with E-state index in [0.717, 1.165) is 23.9 Å². The lowest BCUT2D eigenvalue weighted by atomic mass is 9.82. The molecule has 1 saturated carbocycles. The van der Waals surface area contributed by atoms with Crippen LogP contribution in [0.15, 0.2) is 24.3 Å². The minimum absolute atomic E-state index is 0.100. The van der Waals surface area contributed by atoms with E-state index in [-0.39, 0.29) is 11.9 Å². The van der Waals surface area contributed by atoms with Crippen LogP contribution in [0.5, 0.6) is 0 Å². The van der Waals surface area contributed by atoms with Crippen molar-refractivity contribution in [2.75, 3.05) is 6.54 Å². The van der Waals surface area contributed by atoms with Crippen molar-refractivity contribution in [1.82, 2.24) is 5.32 Å². The Labute approximate surface area is 110 Å². The average Bonchev–Trinajstić information content (AvgIpc) is 2.37. The molecular weight excluding hydrogens is 225 g/mol. The Morgan fingerprint density at radius 3 is 2.83 bits per heavy atom. The highest BCUT2D eigenvalue weighted by Crippen LogP contribution is 2.28. The maximum Gasteiger partial charge on any atom is 0.127 e. The van der Waals surface area contributed by atoms with Crippen LogP contribution in [0.1, 0.15) is 51.1 Å². The maximum atomic E-state index is 13.6. The summed E-state index contributed by atoms with van der Waals surface area (Å²) in [5, 5.41) is 3.49. The van der Waals surface area contributed by atoms with Crippen LogP contribution in [-0.2, 0) is 0 Å². The van der Waals surface area contributed by atoms with Gasteiger partial charge in [0.15, 0.2) is 0 Å². The molecule has 100 valence electrons. The highest BCUT2D eigenvalue weighted by Gasteiger charge is 2.19. The molecule has 1 aliphatic carbocycles. The van der Waals surface area contributed by atoms with Gasteiger partial charge in [-0.2, -0.15) is 0 Å². The van der Waals surface area contributed by atoms with Crippen molar-refractivity contribution in [2.45, 2.75) is 45.6 Å². The summed E-state index contributed by atoms with van der Waals surface area (Å²) in [5.74, 6) is 1.52. The van der Waals surface area contributed by atoms with Gasteiger partial charge in [0, 0.05) is 11.6 Å². The lowest BCUT2D eigenvalue weighted by Crippen LogP contribution is -2.29. The quantitative estimate of drug-likeness (QED) is 0.838. The SMILES string of the molecule is CC1CCCC(CNC(C)c2ccccc2F)C1. The zero-order valence-electron chi connectivity index (χ0n) is 11.5. The molecule has 0 amide bonds. The first kappa shape index (κ1) is 13.5. The molecule has 0 radical (unpaired) electrons. The molecule has 2 rings (SSSR count). The van der Waals surface area contributed by atoms with Crippen molar-refractivity contribution in [1.29, 1.82) is 0 Å². The molecule has 0 heterocycles. The molecule has 3 unspecified atom stereocenters. The highest BCUT2D eigenvalue weighted by molar-refractivity contribution is 5.20. The van der Waals surface area contributed by atoms with E-state index in [2.05, 4.69) is 12.2 Å². The standard InChI is InChI=1S/C16H24FN/c1-12-6-5-7-14(10-12)11-18-13(2)15-8-3-4-9-16(15)17/h3-4,8-9,12-14,18H,5-7,10-11H2,1-2H3. The molecule has 3 atom stereocenters. The first-order valence-corrected chi connectivity index (χ1v) is 7.14. The fraction of sp³-hybridized carbons (Fsp3) is 0.625. The largest absolute Gasteiger partial charge is 0.310 e. The molecule has 0 spiro atoms.